The van der Waals surface area contributed by atoms with E-state index in [0.29, 0.717) is 5.89 Å². The number of thiophene rings is 1. The molecule has 0 aliphatic carbocycles. The smallest absolute Gasteiger partial charge is 0.227 e. The Hall–Kier alpha value is -6.23. The zero-order valence-electron chi connectivity index (χ0n) is 26.4. The van der Waals surface area contributed by atoms with Crippen molar-refractivity contribution in [1.29, 1.82) is 0 Å². The first kappa shape index (κ1) is 27.8. The number of benzene rings is 8. The molecule has 10 rings (SSSR count). The topological polar surface area (TPSA) is 29.3 Å². The van der Waals surface area contributed by atoms with Gasteiger partial charge in [-0.05, 0) is 94.0 Å². The molecule has 4 heteroatoms. The van der Waals surface area contributed by atoms with Gasteiger partial charge in [-0.1, -0.05) is 103 Å². The minimum Gasteiger partial charge on any atom is -0.435 e. The SMILES string of the molecule is c1ccc(-c2nc3ccc4ccc5ccc(N(c6ccccc6)c6cccc(-c7ccc8c(c7)sc7ccccc78)c6)cc5c4c3o2)cc1. The zero-order valence-corrected chi connectivity index (χ0v) is 27.2. The van der Waals surface area contributed by atoms with Crippen LogP contribution in [-0.4, -0.2) is 4.98 Å². The number of nitrogens with zero attached hydrogens (tertiary/aromatic N) is 2. The number of hydrogen-bond donors (Lipinski definition) is 0. The third-order valence-corrected chi connectivity index (χ3v) is 10.6. The highest BCUT2D eigenvalue weighted by Gasteiger charge is 2.18. The number of oxazole rings is 1. The van der Waals surface area contributed by atoms with Crippen molar-refractivity contribution in [1.82, 2.24) is 4.98 Å². The molecule has 0 atom stereocenters. The van der Waals surface area contributed by atoms with E-state index in [1.54, 1.807) is 0 Å². The van der Waals surface area contributed by atoms with Gasteiger partial charge in [0.05, 0.1) is 0 Å². The molecule has 0 aliphatic rings. The largest absolute Gasteiger partial charge is 0.435 e. The number of para-hydroxylation sites is 1. The Balaban J connectivity index is 1.14. The molecule has 3 nitrogen and oxygen atoms in total. The average Bonchev–Trinajstić information content (AvgIpc) is 3.77. The summed E-state index contributed by atoms with van der Waals surface area (Å²) < 4.78 is 9.16. The van der Waals surface area contributed by atoms with E-state index in [4.69, 9.17) is 9.40 Å². The minimum atomic E-state index is 0.632. The van der Waals surface area contributed by atoms with Crippen LogP contribution in [0.3, 0.4) is 0 Å². The summed E-state index contributed by atoms with van der Waals surface area (Å²) in [6, 6.07) is 60.4. The first-order chi connectivity index (χ1) is 24.3. The lowest BCUT2D eigenvalue weighted by Gasteiger charge is -2.26. The maximum atomic E-state index is 6.54. The van der Waals surface area contributed by atoms with Crippen LogP contribution in [0.2, 0.25) is 0 Å². The summed E-state index contributed by atoms with van der Waals surface area (Å²) in [6.45, 7) is 0. The van der Waals surface area contributed by atoms with Crippen LogP contribution in [0.15, 0.2) is 174 Å². The van der Waals surface area contributed by atoms with Crippen molar-refractivity contribution in [3.05, 3.63) is 170 Å². The normalized spacial score (nSPS) is 11.7. The van der Waals surface area contributed by atoms with E-state index in [2.05, 4.69) is 144 Å². The summed E-state index contributed by atoms with van der Waals surface area (Å²) in [5.74, 6) is 0.632. The summed E-state index contributed by atoms with van der Waals surface area (Å²) in [5.41, 5.74) is 8.28. The average molecular weight is 645 g/mol. The van der Waals surface area contributed by atoms with Gasteiger partial charge in [0.1, 0.15) is 5.52 Å². The lowest BCUT2D eigenvalue weighted by Crippen LogP contribution is -2.09. The Kier molecular flexibility index (Phi) is 6.36. The maximum Gasteiger partial charge on any atom is 0.227 e. The molecule has 8 aromatic carbocycles. The predicted molar refractivity (Wildman–Crippen MR) is 207 cm³/mol. The molecule has 0 fully saturated rings. The van der Waals surface area contributed by atoms with Crippen LogP contribution in [0.1, 0.15) is 0 Å². The van der Waals surface area contributed by atoms with Crippen molar-refractivity contribution >= 4 is 81.2 Å². The molecule has 0 saturated carbocycles. The maximum absolute atomic E-state index is 6.54. The molecule has 0 N–H and O–H groups in total. The first-order valence-corrected chi connectivity index (χ1v) is 17.3. The molecule has 230 valence electrons. The summed E-state index contributed by atoms with van der Waals surface area (Å²) in [4.78, 5) is 7.23. The van der Waals surface area contributed by atoms with E-state index >= 15 is 0 Å². The van der Waals surface area contributed by atoms with Crippen LogP contribution in [0.25, 0.3) is 75.4 Å². The van der Waals surface area contributed by atoms with Crippen molar-refractivity contribution in [3.63, 3.8) is 0 Å². The van der Waals surface area contributed by atoms with Crippen LogP contribution in [-0.2, 0) is 0 Å². The second-order valence-electron chi connectivity index (χ2n) is 12.4. The quantitative estimate of drug-likeness (QED) is 0.175. The van der Waals surface area contributed by atoms with Gasteiger partial charge in [0, 0.05) is 48.2 Å². The summed E-state index contributed by atoms with van der Waals surface area (Å²) >= 11 is 1.86. The number of aromatic nitrogens is 1. The zero-order chi connectivity index (χ0) is 32.3. The second-order valence-corrected chi connectivity index (χ2v) is 13.5. The molecule has 2 aromatic heterocycles. The highest BCUT2D eigenvalue weighted by molar-refractivity contribution is 7.25. The van der Waals surface area contributed by atoms with Gasteiger partial charge in [-0.3, -0.25) is 0 Å². The molecule has 49 heavy (non-hydrogen) atoms. The van der Waals surface area contributed by atoms with Crippen LogP contribution >= 0.6 is 11.3 Å². The fraction of sp³-hybridized carbons (Fsp3) is 0. The van der Waals surface area contributed by atoms with Gasteiger partial charge >= 0.3 is 0 Å². The Morgan fingerprint density at radius 2 is 1.12 bits per heavy atom. The third kappa shape index (κ3) is 4.68. The van der Waals surface area contributed by atoms with E-state index in [1.165, 1.54) is 31.3 Å². The van der Waals surface area contributed by atoms with Gasteiger partial charge in [0.2, 0.25) is 5.89 Å². The number of fused-ring (bicyclic) bond motifs is 8. The molecular formula is C45H28N2OS. The van der Waals surface area contributed by atoms with Crippen LogP contribution < -0.4 is 4.90 Å². The molecule has 0 spiro atoms. The summed E-state index contributed by atoms with van der Waals surface area (Å²) in [5, 5.41) is 7.11. The molecule has 2 heterocycles. The van der Waals surface area contributed by atoms with Crippen LogP contribution in [0.5, 0.6) is 0 Å². The standard InChI is InChI=1S/C45H28N2OS/c1-3-10-31(11-4-1)45-46-40-25-22-30-19-18-29-20-23-36(28-39(29)43(30)44(40)48-45)47(34-13-5-2-6-14-34)35-15-9-12-32(26-35)33-21-24-38-37-16-7-8-17-41(37)49-42(38)27-33/h1-28H. The van der Waals surface area contributed by atoms with E-state index < -0.39 is 0 Å². The van der Waals surface area contributed by atoms with Gasteiger partial charge in [-0.2, -0.15) is 0 Å². The lowest BCUT2D eigenvalue weighted by atomic mass is 9.99. The predicted octanol–water partition coefficient (Wildman–Crippen LogP) is 13.3. The number of rotatable bonds is 5. The van der Waals surface area contributed by atoms with E-state index in [-0.39, 0.29) is 0 Å². The van der Waals surface area contributed by atoms with Crippen LogP contribution in [0.4, 0.5) is 17.1 Å². The van der Waals surface area contributed by atoms with Crippen molar-refractivity contribution < 1.29 is 4.42 Å². The highest BCUT2D eigenvalue weighted by Crippen LogP contribution is 2.42. The van der Waals surface area contributed by atoms with Crippen LogP contribution in [0, 0.1) is 0 Å². The third-order valence-electron chi connectivity index (χ3n) is 9.45. The van der Waals surface area contributed by atoms with Crippen molar-refractivity contribution in [2.75, 3.05) is 4.90 Å². The molecule has 0 bridgehead atoms. The summed E-state index contributed by atoms with van der Waals surface area (Å²) in [6.07, 6.45) is 0. The number of anilines is 3. The molecule has 0 radical (unpaired) electrons. The first-order valence-electron chi connectivity index (χ1n) is 16.5. The van der Waals surface area contributed by atoms with Crippen molar-refractivity contribution in [3.8, 4) is 22.6 Å². The Morgan fingerprint density at radius 3 is 2.02 bits per heavy atom. The molecule has 0 saturated heterocycles. The molecule has 0 unspecified atom stereocenters. The molecule has 10 aromatic rings. The van der Waals surface area contributed by atoms with Gasteiger partial charge in [0.25, 0.3) is 0 Å². The second kappa shape index (κ2) is 11.2. The van der Waals surface area contributed by atoms with Gasteiger partial charge < -0.3 is 9.32 Å². The van der Waals surface area contributed by atoms with Gasteiger partial charge in [-0.25, -0.2) is 4.98 Å². The fourth-order valence-corrected chi connectivity index (χ4v) is 8.25. The van der Waals surface area contributed by atoms with Crippen molar-refractivity contribution in [2.24, 2.45) is 0 Å². The summed E-state index contributed by atoms with van der Waals surface area (Å²) in [7, 11) is 0. The Labute approximate surface area is 286 Å². The molecular weight excluding hydrogens is 617 g/mol. The molecule has 0 aliphatic heterocycles. The number of hydrogen-bond acceptors (Lipinski definition) is 4. The fourth-order valence-electron chi connectivity index (χ4n) is 7.11. The molecule has 0 amide bonds. The van der Waals surface area contributed by atoms with Gasteiger partial charge in [0.15, 0.2) is 5.58 Å². The lowest BCUT2D eigenvalue weighted by molar-refractivity contribution is 0.623. The van der Waals surface area contributed by atoms with Gasteiger partial charge in [-0.15, -0.1) is 11.3 Å². The Bertz CT molecular complexity index is 2840. The van der Waals surface area contributed by atoms with E-state index in [9.17, 15) is 0 Å². The van der Waals surface area contributed by atoms with Crippen molar-refractivity contribution in [2.45, 2.75) is 0 Å². The monoisotopic (exact) mass is 644 g/mol. The van der Waals surface area contributed by atoms with E-state index in [1.807, 2.05) is 41.7 Å². The highest BCUT2D eigenvalue weighted by atomic mass is 32.1. The Morgan fingerprint density at radius 1 is 0.449 bits per heavy atom. The van der Waals surface area contributed by atoms with E-state index in [0.717, 1.165) is 55.3 Å². The minimum absolute atomic E-state index is 0.632.